The van der Waals surface area contributed by atoms with Gasteiger partial charge in [0, 0.05) is 12.3 Å². The minimum absolute atomic E-state index is 0.248. The van der Waals surface area contributed by atoms with Gasteiger partial charge in [0.15, 0.2) is 0 Å². The van der Waals surface area contributed by atoms with E-state index in [9.17, 15) is 9.46 Å². The minimum Gasteiger partial charge on any atom is -0.489 e. The topological polar surface area (TPSA) is 46.5 Å². The highest BCUT2D eigenvalue weighted by atomic mass is 31.2. The molecule has 0 saturated heterocycles. The summed E-state index contributed by atoms with van der Waals surface area (Å²) in [6.07, 6.45) is 0.576. The van der Waals surface area contributed by atoms with Crippen LogP contribution >= 0.6 is 7.37 Å². The molecule has 112 valence electrons. The van der Waals surface area contributed by atoms with Crippen LogP contribution in [0.2, 0.25) is 0 Å². The van der Waals surface area contributed by atoms with Crippen LogP contribution in [0.5, 0.6) is 5.75 Å². The van der Waals surface area contributed by atoms with Crippen LogP contribution in [0.4, 0.5) is 0 Å². The zero-order chi connectivity index (χ0) is 15.3. The summed E-state index contributed by atoms with van der Waals surface area (Å²) in [6.45, 7) is 3.73. The quantitative estimate of drug-likeness (QED) is 0.817. The Morgan fingerprint density at radius 2 is 1.76 bits per heavy atom. The predicted molar refractivity (Wildman–Crippen MR) is 86.1 cm³/mol. The lowest BCUT2D eigenvalue weighted by Gasteiger charge is -2.15. The molecule has 2 atom stereocenters. The van der Waals surface area contributed by atoms with Crippen molar-refractivity contribution in [1.29, 1.82) is 0 Å². The molecule has 21 heavy (non-hydrogen) atoms. The molecule has 0 fully saturated rings. The van der Waals surface area contributed by atoms with Crippen molar-refractivity contribution in [2.75, 3.05) is 6.66 Å². The molecule has 3 nitrogen and oxygen atoms in total. The maximum atomic E-state index is 11.6. The minimum atomic E-state index is -3.04. The Bertz CT molecular complexity index is 619. The van der Waals surface area contributed by atoms with E-state index in [1.807, 2.05) is 54.6 Å². The summed E-state index contributed by atoms with van der Waals surface area (Å²) in [6, 6.07) is 17.7. The SMILES string of the molecule is C[C@H](Cc1cccc(OCc2ccccc2)c1)P(C)(=O)O. The third-order valence-electron chi connectivity index (χ3n) is 3.50. The number of benzene rings is 2. The van der Waals surface area contributed by atoms with Gasteiger partial charge in [0.05, 0.1) is 0 Å². The molecule has 2 rings (SSSR count). The number of rotatable bonds is 6. The highest BCUT2D eigenvalue weighted by Crippen LogP contribution is 2.43. The lowest BCUT2D eigenvalue weighted by Crippen LogP contribution is -2.06. The first-order valence-corrected chi connectivity index (χ1v) is 9.18. The molecule has 0 amide bonds. The summed E-state index contributed by atoms with van der Waals surface area (Å²) >= 11 is 0. The molecule has 0 saturated carbocycles. The van der Waals surface area contributed by atoms with Crippen LogP contribution in [0.1, 0.15) is 18.1 Å². The second kappa shape index (κ2) is 6.93. The van der Waals surface area contributed by atoms with Gasteiger partial charge >= 0.3 is 0 Å². The number of hydrogen-bond donors (Lipinski definition) is 1. The zero-order valence-corrected chi connectivity index (χ0v) is 13.3. The highest BCUT2D eigenvalue weighted by molar-refractivity contribution is 7.57. The van der Waals surface area contributed by atoms with E-state index in [1.165, 1.54) is 6.66 Å². The largest absolute Gasteiger partial charge is 0.489 e. The molecule has 4 heteroatoms. The van der Waals surface area contributed by atoms with Gasteiger partial charge in [-0.2, -0.15) is 0 Å². The van der Waals surface area contributed by atoms with E-state index in [2.05, 4.69) is 0 Å². The summed E-state index contributed by atoms with van der Waals surface area (Å²) in [4.78, 5) is 9.59. The lowest BCUT2D eigenvalue weighted by atomic mass is 10.1. The third-order valence-corrected chi connectivity index (χ3v) is 5.31. The Balaban J connectivity index is 1.99. The van der Waals surface area contributed by atoms with Crippen molar-refractivity contribution in [2.24, 2.45) is 0 Å². The average molecular weight is 304 g/mol. The first kappa shape index (κ1) is 15.8. The van der Waals surface area contributed by atoms with Crippen LogP contribution in [0, 0.1) is 0 Å². The van der Waals surface area contributed by atoms with Gasteiger partial charge in [0.1, 0.15) is 12.4 Å². The van der Waals surface area contributed by atoms with Gasteiger partial charge in [-0.15, -0.1) is 0 Å². The molecule has 1 N–H and O–H groups in total. The first-order chi connectivity index (χ1) is 9.95. The van der Waals surface area contributed by atoms with E-state index in [-0.39, 0.29) is 5.66 Å². The van der Waals surface area contributed by atoms with Crippen molar-refractivity contribution >= 4 is 7.37 Å². The predicted octanol–water partition coefficient (Wildman–Crippen LogP) is 4.10. The molecule has 0 aliphatic heterocycles. The normalized spacial score (nSPS) is 15.2. The molecule has 0 heterocycles. The maximum Gasteiger partial charge on any atom is 0.200 e. The van der Waals surface area contributed by atoms with Crippen LogP contribution in [0.25, 0.3) is 0 Å². The van der Waals surface area contributed by atoms with Crippen molar-refractivity contribution < 1.29 is 14.2 Å². The zero-order valence-electron chi connectivity index (χ0n) is 12.4. The standard InChI is InChI=1S/C17H21O3P/c1-14(21(2,18)19)11-16-9-6-10-17(12-16)20-13-15-7-4-3-5-8-15/h3-10,12,14H,11,13H2,1-2H3,(H,18,19)/t14-/m1/s1. The van der Waals surface area contributed by atoms with Crippen LogP contribution in [-0.2, 0) is 17.6 Å². The van der Waals surface area contributed by atoms with Gasteiger partial charge in [0.2, 0.25) is 7.37 Å². The van der Waals surface area contributed by atoms with E-state index < -0.39 is 7.37 Å². The van der Waals surface area contributed by atoms with Crippen molar-refractivity contribution in [2.45, 2.75) is 25.6 Å². The smallest absolute Gasteiger partial charge is 0.200 e. The summed E-state index contributed by atoms with van der Waals surface area (Å²) < 4.78 is 17.4. The maximum absolute atomic E-state index is 11.6. The third kappa shape index (κ3) is 5.04. The van der Waals surface area contributed by atoms with E-state index in [0.717, 1.165) is 16.9 Å². The molecular formula is C17H21O3P. The fraction of sp³-hybridized carbons (Fsp3) is 0.294. The Morgan fingerprint density at radius 1 is 1.10 bits per heavy atom. The average Bonchev–Trinajstić information content (AvgIpc) is 2.46. The lowest BCUT2D eigenvalue weighted by molar-refractivity contribution is 0.306. The number of ether oxygens (including phenoxy) is 1. The molecule has 0 spiro atoms. The van der Waals surface area contributed by atoms with E-state index in [4.69, 9.17) is 4.74 Å². The van der Waals surface area contributed by atoms with Gasteiger partial charge in [-0.1, -0.05) is 49.4 Å². The molecule has 0 aliphatic carbocycles. The summed E-state index contributed by atoms with van der Waals surface area (Å²) in [5.74, 6) is 0.785. The van der Waals surface area contributed by atoms with Crippen molar-refractivity contribution in [1.82, 2.24) is 0 Å². The second-order valence-corrected chi connectivity index (χ2v) is 8.19. The van der Waals surface area contributed by atoms with Crippen LogP contribution in [0.15, 0.2) is 54.6 Å². The monoisotopic (exact) mass is 304 g/mol. The Kier molecular flexibility index (Phi) is 5.22. The Labute approximate surface area is 126 Å². The highest BCUT2D eigenvalue weighted by Gasteiger charge is 2.20. The summed E-state index contributed by atoms with van der Waals surface area (Å²) in [5, 5.41) is 0. The van der Waals surface area contributed by atoms with Crippen LogP contribution in [-0.4, -0.2) is 17.2 Å². The molecule has 2 aromatic carbocycles. The van der Waals surface area contributed by atoms with Crippen LogP contribution < -0.4 is 4.74 Å². The fourth-order valence-electron chi connectivity index (χ4n) is 2.01. The Hall–Kier alpha value is -1.57. The molecule has 2 aromatic rings. The summed E-state index contributed by atoms with van der Waals surface area (Å²) in [7, 11) is -3.04. The fourth-order valence-corrected chi connectivity index (χ4v) is 2.56. The van der Waals surface area contributed by atoms with Crippen molar-refractivity contribution in [3.05, 3.63) is 65.7 Å². The van der Waals surface area contributed by atoms with Crippen molar-refractivity contribution in [3.63, 3.8) is 0 Å². The van der Waals surface area contributed by atoms with Crippen molar-refractivity contribution in [3.8, 4) is 5.75 Å². The Morgan fingerprint density at radius 3 is 2.43 bits per heavy atom. The summed E-state index contributed by atoms with van der Waals surface area (Å²) in [5.41, 5.74) is 1.88. The second-order valence-electron chi connectivity index (χ2n) is 5.42. The molecular weight excluding hydrogens is 283 g/mol. The van der Waals surface area contributed by atoms with Gasteiger partial charge in [-0.25, -0.2) is 0 Å². The molecule has 0 aliphatic rings. The van der Waals surface area contributed by atoms with Gasteiger partial charge in [0.25, 0.3) is 0 Å². The van der Waals surface area contributed by atoms with Gasteiger partial charge in [-0.3, -0.25) is 4.57 Å². The van der Waals surface area contributed by atoms with E-state index in [1.54, 1.807) is 6.92 Å². The molecule has 0 bridgehead atoms. The number of hydrogen-bond acceptors (Lipinski definition) is 2. The van der Waals surface area contributed by atoms with Gasteiger partial charge in [-0.05, 0) is 29.7 Å². The molecule has 0 aromatic heterocycles. The van der Waals surface area contributed by atoms with Gasteiger partial charge < -0.3 is 9.63 Å². The van der Waals surface area contributed by atoms with E-state index in [0.29, 0.717) is 13.0 Å². The van der Waals surface area contributed by atoms with Crippen LogP contribution in [0.3, 0.4) is 0 Å². The first-order valence-electron chi connectivity index (χ1n) is 7.01. The molecule has 1 unspecified atom stereocenters. The van der Waals surface area contributed by atoms with E-state index >= 15 is 0 Å². The molecule has 0 radical (unpaired) electrons.